The Kier molecular flexibility index (Phi) is 5.10. The Balaban J connectivity index is 1.86. The fourth-order valence-corrected chi connectivity index (χ4v) is 3.46. The topological polar surface area (TPSA) is 63.1 Å². The van der Waals surface area contributed by atoms with Crippen molar-refractivity contribution in [3.8, 4) is 11.1 Å². The number of hydrogen-bond acceptors (Lipinski definition) is 5. The highest BCUT2D eigenvalue weighted by atomic mass is 15.1. The summed E-state index contributed by atoms with van der Waals surface area (Å²) in [7, 11) is 0. The highest BCUT2D eigenvalue weighted by Gasteiger charge is 2.24. The summed E-state index contributed by atoms with van der Waals surface area (Å²) < 4.78 is 0. The Morgan fingerprint density at radius 2 is 2.15 bits per heavy atom. The second-order valence-electron chi connectivity index (χ2n) is 7.17. The summed E-state index contributed by atoms with van der Waals surface area (Å²) in [6.45, 7) is 5.31. The lowest BCUT2D eigenvalue weighted by Crippen LogP contribution is -2.10. The summed E-state index contributed by atoms with van der Waals surface area (Å²) in [5, 5.41) is 3.35. The van der Waals surface area contributed by atoms with Crippen molar-refractivity contribution in [2.75, 3.05) is 11.9 Å². The maximum Gasteiger partial charge on any atom is 0.223 e. The van der Waals surface area contributed by atoms with Crippen molar-refractivity contribution >= 4 is 22.9 Å². The van der Waals surface area contributed by atoms with Gasteiger partial charge in [-0.2, -0.15) is 0 Å². The van der Waals surface area contributed by atoms with Gasteiger partial charge in [-0.25, -0.2) is 9.97 Å². The smallest absolute Gasteiger partial charge is 0.223 e. The molecule has 1 aliphatic carbocycles. The van der Waals surface area contributed by atoms with Gasteiger partial charge in [0, 0.05) is 35.6 Å². The molecule has 1 atom stereocenters. The standard InChI is InChI=1S/C22H25N5/c1-3-4-11-24-22-25-13-18-16-10-12-23-14-20(16)26-19-9-8-15(2)6-5-7-17(19)21(18)27-22/h5-7,10,12-15H,3-4,8-9,11H2,1-2H3,(H,24,25,27)/b6-5?,17-7+. The van der Waals surface area contributed by atoms with Gasteiger partial charge in [-0.15, -0.1) is 0 Å². The minimum absolute atomic E-state index is 0.540. The van der Waals surface area contributed by atoms with E-state index in [2.05, 4.69) is 47.4 Å². The van der Waals surface area contributed by atoms with Gasteiger partial charge in [0.1, 0.15) is 0 Å². The van der Waals surface area contributed by atoms with Crippen molar-refractivity contribution in [2.24, 2.45) is 10.9 Å². The molecule has 5 nitrogen and oxygen atoms in total. The van der Waals surface area contributed by atoms with Crippen LogP contribution in [0.25, 0.3) is 16.7 Å². The Labute approximate surface area is 160 Å². The van der Waals surface area contributed by atoms with E-state index in [0.29, 0.717) is 11.9 Å². The number of nitrogens with zero attached hydrogens (tertiary/aromatic N) is 4. The zero-order chi connectivity index (χ0) is 18.6. The van der Waals surface area contributed by atoms with Gasteiger partial charge in [0.2, 0.25) is 5.95 Å². The van der Waals surface area contributed by atoms with Crippen LogP contribution in [0, 0.1) is 5.92 Å². The molecule has 5 heteroatoms. The number of aromatic nitrogens is 3. The molecule has 0 fully saturated rings. The molecule has 1 unspecified atom stereocenters. The van der Waals surface area contributed by atoms with Crippen LogP contribution in [0.3, 0.4) is 0 Å². The molecule has 0 saturated carbocycles. The maximum absolute atomic E-state index is 4.98. The lowest BCUT2D eigenvalue weighted by molar-refractivity contribution is 0.670. The first-order chi connectivity index (χ1) is 13.3. The molecule has 0 radical (unpaired) electrons. The molecule has 2 aromatic rings. The van der Waals surface area contributed by atoms with Gasteiger partial charge < -0.3 is 5.32 Å². The van der Waals surface area contributed by atoms with E-state index in [1.54, 1.807) is 6.20 Å². The van der Waals surface area contributed by atoms with Gasteiger partial charge in [0.05, 0.1) is 23.3 Å². The van der Waals surface area contributed by atoms with Crippen LogP contribution >= 0.6 is 0 Å². The number of anilines is 1. The molecule has 3 heterocycles. The molecule has 1 N–H and O–H groups in total. The van der Waals surface area contributed by atoms with E-state index in [-0.39, 0.29) is 0 Å². The Hall–Kier alpha value is -2.82. The predicted molar refractivity (Wildman–Crippen MR) is 111 cm³/mol. The first-order valence-corrected chi connectivity index (χ1v) is 9.78. The number of pyridine rings is 1. The highest BCUT2D eigenvalue weighted by molar-refractivity contribution is 6.27. The molecule has 1 aliphatic heterocycles. The van der Waals surface area contributed by atoms with Crippen molar-refractivity contribution in [1.29, 1.82) is 0 Å². The van der Waals surface area contributed by atoms with Crippen molar-refractivity contribution in [2.45, 2.75) is 39.5 Å². The zero-order valence-electron chi connectivity index (χ0n) is 15.9. The number of fused-ring (bicyclic) bond motifs is 5. The van der Waals surface area contributed by atoms with Gasteiger partial charge in [-0.3, -0.25) is 9.98 Å². The third kappa shape index (κ3) is 3.68. The van der Waals surface area contributed by atoms with Crippen LogP contribution < -0.4 is 5.32 Å². The molecule has 0 saturated heterocycles. The lowest BCUT2D eigenvalue weighted by atomic mass is 9.92. The SMILES string of the molecule is CCCCNc1ncc2c(n1)/C1=C/C=CC(C)CCC1=Nc1cnccc1-2. The van der Waals surface area contributed by atoms with Crippen LogP contribution in [0.4, 0.5) is 11.6 Å². The van der Waals surface area contributed by atoms with Gasteiger partial charge in [0.25, 0.3) is 0 Å². The van der Waals surface area contributed by atoms with E-state index in [0.717, 1.165) is 66.0 Å². The molecule has 0 spiro atoms. The first-order valence-electron chi connectivity index (χ1n) is 9.78. The summed E-state index contributed by atoms with van der Waals surface area (Å²) in [6.07, 6.45) is 16.3. The molecule has 0 aromatic carbocycles. The van der Waals surface area contributed by atoms with Crippen molar-refractivity contribution in [3.05, 3.63) is 48.6 Å². The minimum atomic E-state index is 0.540. The first kappa shape index (κ1) is 17.6. The molecule has 0 amide bonds. The molecule has 2 aliphatic rings. The van der Waals surface area contributed by atoms with E-state index in [1.807, 2.05) is 18.5 Å². The quantitative estimate of drug-likeness (QED) is 0.762. The summed E-state index contributed by atoms with van der Waals surface area (Å²) in [4.78, 5) is 18.7. The van der Waals surface area contributed by atoms with Crippen molar-refractivity contribution in [3.63, 3.8) is 0 Å². The predicted octanol–water partition coefficient (Wildman–Crippen LogP) is 5.21. The Morgan fingerprint density at radius 3 is 3.04 bits per heavy atom. The summed E-state index contributed by atoms with van der Waals surface area (Å²) in [5.74, 6) is 1.22. The maximum atomic E-state index is 4.98. The Morgan fingerprint density at radius 1 is 1.22 bits per heavy atom. The van der Waals surface area contributed by atoms with E-state index >= 15 is 0 Å². The minimum Gasteiger partial charge on any atom is -0.354 e. The number of hydrogen-bond donors (Lipinski definition) is 1. The van der Waals surface area contributed by atoms with Gasteiger partial charge in [-0.1, -0.05) is 38.5 Å². The van der Waals surface area contributed by atoms with Crippen LogP contribution in [-0.2, 0) is 0 Å². The average Bonchev–Trinajstić information content (AvgIpc) is 2.80. The van der Waals surface area contributed by atoms with Gasteiger partial charge >= 0.3 is 0 Å². The van der Waals surface area contributed by atoms with Crippen LogP contribution in [0.1, 0.15) is 45.2 Å². The number of allylic oxidation sites excluding steroid dienone is 4. The normalized spacial score (nSPS) is 20.0. The fraction of sp³-hybridized carbons (Fsp3) is 0.364. The van der Waals surface area contributed by atoms with E-state index in [9.17, 15) is 0 Å². The number of unbranched alkanes of at least 4 members (excludes halogenated alkanes) is 1. The van der Waals surface area contributed by atoms with Crippen molar-refractivity contribution in [1.82, 2.24) is 15.0 Å². The second kappa shape index (κ2) is 7.82. The fourth-order valence-electron chi connectivity index (χ4n) is 3.46. The number of rotatable bonds is 4. The lowest BCUT2D eigenvalue weighted by Gasteiger charge is -2.15. The highest BCUT2D eigenvalue weighted by Crippen LogP contribution is 2.39. The largest absolute Gasteiger partial charge is 0.354 e. The zero-order valence-corrected chi connectivity index (χ0v) is 15.9. The molecule has 27 heavy (non-hydrogen) atoms. The van der Waals surface area contributed by atoms with E-state index in [4.69, 9.17) is 9.98 Å². The second-order valence-corrected chi connectivity index (χ2v) is 7.17. The van der Waals surface area contributed by atoms with Gasteiger partial charge in [0.15, 0.2) is 0 Å². The van der Waals surface area contributed by atoms with Crippen LogP contribution in [0.2, 0.25) is 0 Å². The monoisotopic (exact) mass is 359 g/mol. The Bertz CT molecular complexity index is 926. The molecule has 0 bridgehead atoms. The summed E-state index contributed by atoms with van der Waals surface area (Å²) >= 11 is 0. The average molecular weight is 359 g/mol. The molecule has 4 rings (SSSR count). The summed E-state index contributed by atoms with van der Waals surface area (Å²) in [5.41, 5.74) is 6.07. The van der Waals surface area contributed by atoms with Crippen LogP contribution in [0.5, 0.6) is 0 Å². The molecular formula is C22H25N5. The molecular weight excluding hydrogens is 334 g/mol. The van der Waals surface area contributed by atoms with Crippen LogP contribution in [0.15, 0.2) is 47.9 Å². The number of aliphatic imine (C=N–C) groups is 1. The van der Waals surface area contributed by atoms with Gasteiger partial charge in [-0.05, 0) is 31.2 Å². The number of nitrogens with one attached hydrogen (secondary N) is 1. The van der Waals surface area contributed by atoms with E-state index in [1.165, 1.54) is 0 Å². The molecule has 138 valence electrons. The third-order valence-electron chi connectivity index (χ3n) is 5.05. The third-order valence-corrected chi connectivity index (χ3v) is 5.05. The van der Waals surface area contributed by atoms with Crippen LogP contribution in [-0.4, -0.2) is 27.2 Å². The summed E-state index contributed by atoms with van der Waals surface area (Å²) in [6, 6.07) is 2.00. The van der Waals surface area contributed by atoms with E-state index < -0.39 is 0 Å². The molecule has 2 aromatic heterocycles. The van der Waals surface area contributed by atoms with Crippen molar-refractivity contribution < 1.29 is 0 Å².